The van der Waals surface area contributed by atoms with Crippen LogP contribution in [0.3, 0.4) is 0 Å². The van der Waals surface area contributed by atoms with Crippen LogP contribution in [0.2, 0.25) is 0 Å². The maximum atomic E-state index is 13.2. The van der Waals surface area contributed by atoms with Crippen LogP contribution in [0, 0.1) is 10.1 Å². The molecule has 14 heteroatoms. The first-order chi connectivity index (χ1) is 20.1. The highest BCUT2D eigenvalue weighted by molar-refractivity contribution is 7.39. The maximum absolute atomic E-state index is 13.2. The maximum Gasteiger partial charge on any atom is 0.513 e. The molecule has 2 amide bonds. The van der Waals surface area contributed by atoms with Crippen LogP contribution < -0.4 is 10.6 Å². The third-order valence-electron chi connectivity index (χ3n) is 5.94. The van der Waals surface area contributed by atoms with E-state index in [1.54, 1.807) is 60.7 Å². The zero-order valence-corrected chi connectivity index (χ0v) is 23.3. The van der Waals surface area contributed by atoms with E-state index in [2.05, 4.69) is 10.6 Å². The number of hydrogen-bond acceptors (Lipinski definition) is 9. The van der Waals surface area contributed by atoms with E-state index in [4.69, 9.17) is 14.2 Å². The van der Waals surface area contributed by atoms with Crippen molar-refractivity contribution in [2.45, 2.75) is 44.5 Å². The van der Waals surface area contributed by atoms with Crippen LogP contribution >= 0.6 is 8.03 Å². The zero-order valence-electron chi connectivity index (χ0n) is 22.5. The van der Waals surface area contributed by atoms with Gasteiger partial charge in [0.15, 0.2) is 6.04 Å². The van der Waals surface area contributed by atoms with Crippen molar-refractivity contribution in [2.75, 3.05) is 0 Å². The average molecular weight is 599 g/mol. The van der Waals surface area contributed by atoms with Crippen molar-refractivity contribution in [1.82, 2.24) is 10.6 Å². The van der Waals surface area contributed by atoms with Crippen molar-refractivity contribution in [3.8, 4) is 0 Å². The molecule has 0 spiro atoms. The van der Waals surface area contributed by atoms with Gasteiger partial charge in [0.1, 0.15) is 19.8 Å². The fourth-order valence-corrected chi connectivity index (χ4v) is 4.69. The van der Waals surface area contributed by atoms with Crippen LogP contribution in [0.1, 0.15) is 23.6 Å². The van der Waals surface area contributed by atoms with Gasteiger partial charge in [-0.2, -0.15) is 4.89 Å². The Hall–Kier alpha value is -4.87. The lowest BCUT2D eigenvalue weighted by Crippen LogP contribution is -2.55. The quantitative estimate of drug-likeness (QED) is 0.0840. The fourth-order valence-electron chi connectivity index (χ4n) is 3.78. The highest BCUT2D eigenvalue weighted by atomic mass is 31.1. The molecule has 0 fully saturated rings. The third kappa shape index (κ3) is 9.95. The predicted octanol–water partition coefficient (Wildman–Crippen LogP) is 4.35. The standard InChI is InChI=1S/C28H28N3O10P/c1-19(29-27(33)40-17-20-8-4-2-5-9-20)25(42(37)38)24(30-28(34)41-18-21-10-6-3-7-11-21)26(32)39-16-22-12-14-23(15-13-22)31(35)36/h2-15,19,24-25H,16-18H2,1H3,(H2-,29,30,33,34,37,38)/p+1. The van der Waals surface area contributed by atoms with Gasteiger partial charge < -0.3 is 24.8 Å². The summed E-state index contributed by atoms with van der Waals surface area (Å²) < 4.78 is 28.1. The lowest BCUT2D eigenvalue weighted by Gasteiger charge is -2.23. The molecule has 0 heterocycles. The smallest absolute Gasteiger partial charge is 0.459 e. The molecule has 3 aromatic rings. The Morgan fingerprint density at radius 2 is 1.24 bits per heavy atom. The van der Waals surface area contributed by atoms with Gasteiger partial charge in [-0.15, -0.1) is 0 Å². The summed E-state index contributed by atoms with van der Waals surface area (Å²) in [6.45, 7) is 0.794. The minimum atomic E-state index is -3.19. The van der Waals surface area contributed by atoms with Gasteiger partial charge >= 0.3 is 26.2 Å². The number of ether oxygens (including phenoxy) is 3. The van der Waals surface area contributed by atoms with E-state index in [-0.39, 0.29) is 25.5 Å². The zero-order chi connectivity index (χ0) is 30.5. The normalized spacial score (nSPS) is 13.0. The number of carbonyl (C=O) groups is 3. The van der Waals surface area contributed by atoms with Crippen LogP contribution in [0.4, 0.5) is 15.3 Å². The minimum absolute atomic E-state index is 0.0694. The number of nitro groups is 1. The largest absolute Gasteiger partial charge is 0.513 e. The topological polar surface area (TPSA) is 183 Å². The fraction of sp³-hybridized carbons (Fsp3) is 0.250. The molecule has 0 aliphatic heterocycles. The molecule has 4 unspecified atom stereocenters. The minimum Gasteiger partial charge on any atom is -0.459 e. The monoisotopic (exact) mass is 598 g/mol. The van der Waals surface area contributed by atoms with Gasteiger partial charge in [0, 0.05) is 12.1 Å². The molecule has 0 aliphatic rings. The summed E-state index contributed by atoms with van der Waals surface area (Å²) >= 11 is 0. The van der Waals surface area contributed by atoms with Crippen LogP contribution in [0.15, 0.2) is 84.9 Å². The molecular formula is C28H29N3O10P+. The molecule has 4 atom stereocenters. The number of non-ortho nitro benzene ring substituents is 1. The number of nitro benzene ring substituents is 1. The predicted molar refractivity (Wildman–Crippen MR) is 149 cm³/mol. The first-order valence-electron chi connectivity index (χ1n) is 12.6. The van der Waals surface area contributed by atoms with E-state index in [9.17, 15) is 34.0 Å². The number of carbonyl (C=O) groups excluding carboxylic acids is 3. The van der Waals surface area contributed by atoms with Crippen LogP contribution in [0.25, 0.3) is 0 Å². The number of alkyl carbamates (subject to hydrolysis) is 2. The first kappa shape index (κ1) is 31.7. The van der Waals surface area contributed by atoms with E-state index >= 15 is 0 Å². The summed E-state index contributed by atoms with van der Waals surface area (Å²) in [4.78, 5) is 58.7. The van der Waals surface area contributed by atoms with Gasteiger partial charge in [0.2, 0.25) is 5.66 Å². The third-order valence-corrected chi connectivity index (χ3v) is 7.19. The van der Waals surface area contributed by atoms with Crippen LogP contribution in [-0.2, 0) is 43.4 Å². The van der Waals surface area contributed by atoms with Crippen molar-refractivity contribution in [3.05, 3.63) is 112 Å². The lowest BCUT2D eigenvalue weighted by atomic mass is 10.1. The van der Waals surface area contributed by atoms with Gasteiger partial charge in [0.05, 0.1) is 11.0 Å². The number of nitrogens with one attached hydrogen (secondary N) is 2. The number of benzene rings is 3. The average Bonchev–Trinajstić information content (AvgIpc) is 2.98. The molecular weight excluding hydrogens is 569 g/mol. The second kappa shape index (κ2) is 15.8. The molecule has 42 heavy (non-hydrogen) atoms. The highest BCUT2D eigenvalue weighted by Crippen LogP contribution is 2.30. The first-order valence-corrected chi connectivity index (χ1v) is 13.9. The Morgan fingerprint density at radius 1 is 0.786 bits per heavy atom. The van der Waals surface area contributed by atoms with Crippen molar-refractivity contribution < 1.29 is 43.0 Å². The Bertz CT molecular complexity index is 1370. The van der Waals surface area contributed by atoms with E-state index in [1.807, 2.05) is 0 Å². The second-order valence-electron chi connectivity index (χ2n) is 9.00. The SMILES string of the molecule is CC(NC(=O)OCc1ccccc1)C(C(NC(=O)OCc1ccccc1)C(=O)OCc1ccc([N+](=O)[O-])cc1)[P+](=O)O. The molecule has 3 rings (SSSR count). The lowest BCUT2D eigenvalue weighted by molar-refractivity contribution is -0.384. The molecule has 220 valence electrons. The number of nitrogens with zero attached hydrogens (tertiary/aromatic N) is 1. The summed E-state index contributed by atoms with van der Waals surface area (Å²) in [6, 6.07) is 19.8. The molecule has 3 N–H and O–H groups in total. The second-order valence-corrected chi connectivity index (χ2v) is 10.2. The van der Waals surface area contributed by atoms with Crippen molar-refractivity contribution >= 4 is 31.9 Å². The molecule has 0 saturated carbocycles. The van der Waals surface area contributed by atoms with Gasteiger partial charge in [-0.25, -0.2) is 14.4 Å². The van der Waals surface area contributed by atoms with Crippen molar-refractivity contribution in [3.63, 3.8) is 0 Å². The van der Waals surface area contributed by atoms with Crippen LogP contribution in [-0.4, -0.2) is 45.7 Å². The van der Waals surface area contributed by atoms with E-state index in [0.29, 0.717) is 16.7 Å². The van der Waals surface area contributed by atoms with Gasteiger partial charge in [-0.05, 0) is 40.3 Å². The number of hydrogen-bond donors (Lipinski definition) is 3. The molecule has 0 saturated heterocycles. The Morgan fingerprint density at radius 3 is 1.71 bits per heavy atom. The highest BCUT2D eigenvalue weighted by Gasteiger charge is 2.49. The Kier molecular flexibility index (Phi) is 11.9. The van der Waals surface area contributed by atoms with Crippen LogP contribution in [0.5, 0.6) is 0 Å². The summed E-state index contributed by atoms with van der Waals surface area (Å²) in [6.07, 6.45) is -1.99. The molecule has 0 radical (unpaired) electrons. The number of esters is 1. The Balaban J connectivity index is 1.72. The Labute approximate surface area is 241 Å². The molecule has 0 bridgehead atoms. The van der Waals surface area contributed by atoms with E-state index < -0.39 is 48.8 Å². The molecule has 0 aromatic heterocycles. The molecule has 13 nitrogen and oxygen atoms in total. The van der Waals surface area contributed by atoms with Crippen molar-refractivity contribution in [2.24, 2.45) is 0 Å². The molecule has 3 aromatic carbocycles. The summed E-state index contributed by atoms with van der Waals surface area (Å²) in [7, 11) is -3.19. The van der Waals surface area contributed by atoms with Gasteiger partial charge in [0.25, 0.3) is 5.69 Å². The summed E-state index contributed by atoms with van der Waals surface area (Å²) in [5.74, 6) is -1.10. The summed E-state index contributed by atoms with van der Waals surface area (Å²) in [5.41, 5.74) is 0.0339. The van der Waals surface area contributed by atoms with Gasteiger partial charge in [-0.1, -0.05) is 60.7 Å². The number of rotatable bonds is 13. The summed E-state index contributed by atoms with van der Waals surface area (Å²) in [5, 5.41) is 15.6. The van der Waals surface area contributed by atoms with E-state index in [0.717, 1.165) is 0 Å². The van der Waals surface area contributed by atoms with Crippen molar-refractivity contribution in [1.29, 1.82) is 0 Å². The van der Waals surface area contributed by atoms with E-state index in [1.165, 1.54) is 31.2 Å². The molecule has 0 aliphatic carbocycles. The van der Waals surface area contributed by atoms with Gasteiger partial charge in [-0.3, -0.25) is 10.1 Å². The number of amides is 2.